The van der Waals surface area contributed by atoms with Gasteiger partial charge in [-0.25, -0.2) is 9.59 Å². The van der Waals surface area contributed by atoms with Crippen molar-refractivity contribution in [2.45, 2.75) is 52.7 Å². The average molecular weight is 478 g/mol. The van der Waals surface area contributed by atoms with Gasteiger partial charge in [0.2, 0.25) is 5.78 Å². The van der Waals surface area contributed by atoms with Crippen molar-refractivity contribution in [1.29, 1.82) is 0 Å². The fourth-order valence-corrected chi connectivity index (χ4v) is 3.45. The summed E-state index contributed by atoms with van der Waals surface area (Å²) >= 11 is 3.48. The number of fused-ring (bicyclic) bond motifs is 1. The van der Waals surface area contributed by atoms with Crippen molar-refractivity contribution >= 4 is 44.5 Å². The Morgan fingerprint density at radius 3 is 2.30 bits per heavy atom. The topological polar surface area (TPSA) is 72.9 Å². The highest BCUT2D eigenvalue weighted by Gasteiger charge is 2.30. The fraction of sp³-hybridized carbons (Fsp3) is 0.435. The highest BCUT2D eigenvalue weighted by Crippen LogP contribution is 2.27. The summed E-state index contributed by atoms with van der Waals surface area (Å²) < 4.78 is 11.5. The van der Waals surface area contributed by atoms with Crippen LogP contribution in [0.25, 0.3) is 10.8 Å². The predicted octanol–water partition coefficient (Wildman–Crippen LogP) is 5.36. The number of rotatable bonds is 7. The first kappa shape index (κ1) is 23.9. The number of halogens is 1. The van der Waals surface area contributed by atoms with Crippen LogP contribution in [-0.4, -0.2) is 47.5 Å². The van der Waals surface area contributed by atoms with Crippen LogP contribution in [0.5, 0.6) is 0 Å². The molecule has 0 spiro atoms. The van der Waals surface area contributed by atoms with Gasteiger partial charge in [-0.05, 0) is 57.0 Å². The number of carbonyl (C=O) groups is 3. The van der Waals surface area contributed by atoms with Gasteiger partial charge in [0.25, 0.3) is 0 Å². The second-order valence-electron chi connectivity index (χ2n) is 8.02. The lowest BCUT2D eigenvalue weighted by Gasteiger charge is -2.30. The number of benzene rings is 2. The third-order valence-corrected chi connectivity index (χ3v) is 5.11. The number of nitrogens with zero attached hydrogens (tertiary/aromatic N) is 1. The van der Waals surface area contributed by atoms with E-state index in [2.05, 4.69) is 15.9 Å². The molecule has 1 amide bonds. The van der Waals surface area contributed by atoms with Gasteiger partial charge in [-0.1, -0.05) is 47.1 Å². The molecule has 0 aliphatic rings. The number of ether oxygens (including phenoxy) is 2. The summed E-state index contributed by atoms with van der Waals surface area (Å²) in [6.45, 7) is 8.70. The van der Waals surface area contributed by atoms with Crippen LogP contribution in [-0.2, 0) is 14.3 Å². The number of Topliss-reactive ketones (excluding diaryl/α,β-unsaturated/α-hetero) is 1. The second-order valence-corrected chi connectivity index (χ2v) is 8.88. The van der Waals surface area contributed by atoms with E-state index >= 15 is 0 Å². The van der Waals surface area contributed by atoms with Gasteiger partial charge in [0.05, 0.1) is 0 Å². The van der Waals surface area contributed by atoms with Crippen LogP contribution < -0.4 is 0 Å². The van der Waals surface area contributed by atoms with Crippen LogP contribution in [0.2, 0.25) is 0 Å². The molecule has 7 heteroatoms. The third kappa shape index (κ3) is 6.05. The highest BCUT2D eigenvalue weighted by molar-refractivity contribution is 9.10. The lowest BCUT2D eigenvalue weighted by molar-refractivity contribution is -0.148. The van der Waals surface area contributed by atoms with Crippen molar-refractivity contribution in [3.05, 3.63) is 46.4 Å². The van der Waals surface area contributed by atoms with E-state index in [1.165, 1.54) is 4.90 Å². The molecular weight excluding hydrogens is 450 g/mol. The molecule has 2 aromatic rings. The van der Waals surface area contributed by atoms with E-state index in [1.54, 1.807) is 39.8 Å². The molecule has 0 heterocycles. The molecule has 2 aromatic carbocycles. The van der Waals surface area contributed by atoms with Crippen LogP contribution in [0.15, 0.2) is 40.9 Å². The van der Waals surface area contributed by atoms with E-state index in [1.807, 2.05) is 31.2 Å². The van der Waals surface area contributed by atoms with Crippen LogP contribution in [0.1, 0.15) is 51.4 Å². The molecule has 0 radical (unpaired) electrons. The largest absolute Gasteiger partial charge is 0.456 e. The number of esters is 1. The molecule has 162 valence electrons. The van der Waals surface area contributed by atoms with Crippen molar-refractivity contribution in [3.8, 4) is 0 Å². The summed E-state index contributed by atoms with van der Waals surface area (Å²) in [6.07, 6.45) is 0.0692. The number of amides is 1. The average Bonchev–Trinajstić information content (AvgIpc) is 2.68. The van der Waals surface area contributed by atoms with Gasteiger partial charge < -0.3 is 9.47 Å². The van der Waals surface area contributed by atoms with E-state index in [9.17, 15) is 14.4 Å². The molecule has 0 fully saturated rings. The minimum Gasteiger partial charge on any atom is -0.456 e. The summed E-state index contributed by atoms with van der Waals surface area (Å²) in [6, 6.07) is 10.1. The fourth-order valence-electron chi connectivity index (χ4n) is 2.97. The zero-order valence-electron chi connectivity index (χ0n) is 18.0. The Kier molecular flexibility index (Phi) is 8.01. The second kappa shape index (κ2) is 10.1. The normalized spacial score (nSPS) is 12.3. The van der Waals surface area contributed by atoms with Gasteiger partial charge in [-0.3, -0.25) is 9.69 Å². The molecule has 1 unspecified atom stereocenters. The molecule has 0 bridgehead atoms. The molecule has 0 N–H and O–H groups in total. The number of hydrogen-bond acceptors (Lipinski definition) is 5. The van der Waals surface area contributed by atoms with E-state index in [-0.39, 0.29) is 5.78 Å². The molecule has 6 nitrogen and oxygen atoms in total. The molecule has 0 aromatic heterocycles. The summed E-state index contributed by atoms with van der Waals surface area (Å²) in [5, 5.41) is 1.68. The maximum absolute atomic E-state index is 12.7. The smallest absolute Gasteiger partial charge is 0.411 e. The van der Waals surface area contributed by atoms with E-state index in [0.29, 0.717) is 18.5 Å². The van der Waals surface area contributed by atoms with Crippen LogP contribution in [0, 0.1) is 0 Å². The molecule has 0 aliphatic heterocycles. The lowest BCUT2D eigenvalue weighted by atomic mass is 10.0. The summed E-state index contributed by atoms with van der Waals surface area (Å²) in [4.78, 5) is 39.1. The molecule has 2 rings (SSSR count). The number of hydrogen-bond donors (Lipinski definition) is 0. The zero-order valence-corrected chi connectivity index (χ0v) is 19.6. The Morgan fingerprint density at radius 2 is 1.70 bits per heavy atom. The van der Waals surface area contributed by atoms with Crippen LogP contribution in [0.3, 0.4) is 0 Å². The Hall–Kier alpha value is -2.41. The standard InChI is InChI=1S/C23H28BrNO5/c1-6-13-25(22(28)30-23(3,4)5)15(2)21(27)29-14-20(26)18-11-12-19(24)17-10-8-7-9-16(17)18/h7-12,15H,6,13-14H2,1-5H3. The molecule has 1 atom stereocenters. The molecular formula is C23H28BrNO5. The SMILES string of the molecule is CCCN(C(=O)OC(C)(C)C)C(C)C(=O)OCC(=O)c1ccc(Br)c2ccccc12. The Balaban J connectivity index is 2.09. The Bertz CT molecular complexity index is 935. The monoisotopic (exact) mass is 477 g/mol. The molecule has 0 saturated carbocycles. The van der Waals surface area contributed by atoms with E-state index in [0.717, 1.165) is 15.2 Å². The summed E-state index contributed by atoms with van der Waals surface area (Å²) in [5.41, 5.74) is -0.197. The zero-order chi connectivity index (χ0) is 22.5. The first-order valence-corrected chi connectivity index (χ1v) is 10.7. The van der Waals surface area contributed by atoms with Crippen molar-refractivity contribution in [2.75, 3.05) is 13.2 Å². The van der Waals surface area contributed by atoms with Gasteiger partial charge in [0.15, 0.2) is 6.61 Å². The third-order valence-electron chi connectivity index (χ3n) is 4.42. The van der Waals surface area contributed by atoms with Crippen molar-refractivity contribution in [1.82, 2.24) is 4.90 Å². The lowest BCUT2D eigenvalue weighted by Crippen LogP contribution is -2.47. The van der Waals surface area contributed by atoms with Crippen molar-refractivity contribution in [2.24, 2.45) is 0 Å². The first-order valence-electron chi connectivity index (χ1n) is 9.92. The molecule has 0 saturated heterocycles. The molecule has 30 heavy (non-hydrogen) atoms. The summed E-state index contributed by atoms with van der Waals surface area (Å²) in [7, 11) is 0. The van der Waals surface area contributed by atoms with Crippen molar-refractivity contribution in [3.63, 3.8) is 0 Å². The van der Waals surface area contributed by atoms with E-state index < -0.39 is 30.3 Å². The van der Waals surface area contributed by atoms with E-state index in [4.69, 9.17) is 9.47 Å². The number of ketones is 1. The number of carbonyl (C=O) groups excluding carboxylic acids is 3. The minimum atomic E-state index is -0.866. The van der Waals surface area contributed by atoms with Gasteiger partial charge in [0.1, 0.15) is 11.6 Å². The first-order chi connectivity index (χ1) is 14.0. The Morgan fingerprint density at radius 1 is 1.07 bits per heavy atom. The predicted molar refractivity (Wildman–Crippen MR) is 120 cm³/mol. The quantitative estimate of drug-likeness (QED) is 0.396. The molecule has 0 aliphatic carbocycles. The maximum atomic E-state index is 12.7. The van der Waals surface area contributed by atoms with Gasteiger partial charge >= 0.3 is 12.1 Å². The van der Waals surface area contributed by atoms with Gasteiger partial charge in [-0.15, -0.1) is 0 Å². The van der Waals surface area contributed by atoms with Crippen molar-refractivity contribution < 1.29 is 23.9 Å². The Labute approximate surface area is 185 Å². The highest BCUT2D eigenvalue weighted by atomic mass is 79.9. The van der Waals surface area contributed by atoms with Crippen LogP contribution in [0.4, 0.5) is 4.79 Å². The summed E-state index contributed by atoms with van der Waals surface area (Å²) in [5.74, 6) is -0.956. The minimum absolute atomic E-state index is 0.307. The van der Waals surface area contributed by atoms with Gasteiger partial charge in [0, 0.05) is 16.6 Å². The van der Waals surface area contributed by atoms with Crippen LogP contribution >= 0.6 is 15.9 Å². The van der Waals surface area contributed by atoms with Gasteiger partial charge in [-0.2, -0.15) is 0 Å². The maximum Gasteiger partial charge on any atom is 0.411 e.